The monoisotopic (exact) mass is 288 g/mol. The first kappa shape index (κ1) is 15.1. The number of methoxy groups -OCH3 is 1. The average Bonchev–Trinajstić information content (AvgIpc) is 3.00. The molecule has 0 saturated carbocycles. The van der Waals surface area contributed by atoms with Gasteiger partial charge in [0.25, 0.3) is 0 Å². The number of H-pyrrole nitrogens is 1. The first-order valence-corrected chi connectivity index (χ1v) is 7.07. The second-order valence-corrected chi connectivity index (χ2v) is 4.76. The molecule has 1 aromatic carbocycles. The van der Waals surface area contributed by atoms with Crippen molar-refractivity contribution in [2.45, 2.75) is 26.2 Å². The number of benzene rings is 1. The van der Waals surface area contributed by atoms with Crippen molar-refractivity contribution in [1.29, 1.82) is 0 Å². The Morgan fingerprint density at radius 1 is 1.24 bits per heavy atom. The van der Waals surface area contributed by atoms with Crippen LogP contribution in [-0.2, 0) is 17.6 Å². The van der Waals surface area contributed by atoms with Gasteiger partial charge in [-0.25, -0.2) is 4.79 Å². The lowest BCUT2D eigenvalue weighted by Gasteiger charge is -2.02. The lowest BCUT2D eigenvalue weighted by atomic mass is 10.1. The van der Waals surface area contributed by atoms with Gasteiger partial charge in [-0.05, 0) is 43.0 Å². The molecule has 0 atom stereocenters. The molecule has 112 valence electrons. The van der Waals surface area contributed by atoms with Gasteiger partial charge in [0.15, 0.2) is 5.69 Å². The van der Waals surface area contributed by atoms with Crippen molar-refractivity contribution in [3.63, 3.8) is 0 Å². The predicted molar refractivity (Wildman–Crippen MR) is 79.6 cm³/mol. The molecule has 0 spiro atoms. The molecule has 0 amide bonds. The third-order valence-corrected chi connectivity index (χ3v) is 3.12. The predicted octanol–water partition coefficient (Wildman–Crippen LogP) is 2.77. The van der Waals surface area contributed by atoms with Crippen molar-refractivity contribution in [2.75, 3.05) is 13.7 Å². The zero-order valence-electron chi connectivity index (χ0n) is 12.4. The van der Waals surface area contributed by atoms with E-state index in [2.05, 4.69) is 10.2 Å². The fourth-order valence-electron chi connectivity index (χ4n) is 1.93. The lowest BCUT2D eigenvalue weighted by Crippen LogP contribution is -2.06. The maximum Gasteiger partial charge on any atom is 0.358 e. The SMILES string of the molecule is CCCOC(=O)c1cc(CCc2ccc(OC)cc2)[nH]n1. The van der Waals surface area contributed by atoms with Gasteiger partial charge >= 0.3 is 5.97 Å². The highest BCUT2D eigenvalue weighted by Gasteiger charge is 2.11. The number of hydrogen-bond donors (Lipinski definition) is 1. The van der Waals surface area contributed by atoms with E-state index in [-0.39, 0.29) is 5.97 Å². The van der Waals surface area contributed by atoms with E-state index in [4.69, 9.17) is 9.47 Å². The highest BCUT2D eigenvalue weighted by molar-refractivity contribution is 5.87. The molecule has 0 aliphatic rings. The van der Waals surface area contributed by atoms with E-state index in [9.17, 15) is 4.79 Å². The van der Waals surface area contributed by atoms with Gasteiger partial charge in [-0.2, -0.15) is 5.10 Å². The molecule has 1 aromatic heterocycles. The number of aromatic amines is 1. The van der Waals surface area contributed by atoms with E-state index < -0.39 is 0 Å². The highest BCUT2D eigenvalue weighted by Crippen LogP contribution is 2.13. The van der Waals surface area contributed by atoms with Crippen LogP contribution in [0.1, 0.15) is 35.1 Å². The van der Waals surface area contributed by atoms with Crippen LogP contribution in [0.3, 0.4) is 0 Å². The van der Waals surface area contributed by atoms with Gasteiger partial charge in [-0.1, -0.05) is 19.1 Å². The molecule has 1 N–H and O–H groups in total. The maximum absolute atomic E-state index is 11.6. The van der Waals surface area contributed by atoms with E-state index in [1.807, 2.05) is 31.2 Å². The van der Waals surface area contributed by atoms with Crippen LogP contribution < -0.4 is 4.74 Å². The number of nitrogens with one attached hydrogen (secondary N) is 1. The van der Waals surface area contributed by atoms with Gasteiger partial charge in [0.1, 0.15) is 5.75 Å². The summed E-state index contributed by atoms with van der Waals surface area (Å²) in [7, 11) is 1.65. The molecular weight excluding hydrogens is 268 g/mol. The summed E-state index contributed by atoms with van der Waals surface area (Å²) in [6, 6.07) is 9.70. The molecule has 21 heavy (non-hydrogen) atoms. The van der Waals surface area contributed by atoms with Crippen LogP contribution in [0, 0.1) is 0 Å². The number of carbonyl (C=O) groups is 1. The van der Waals surface area contributed by atoms with Crippen LogP contribution in [0.15, 0.2) is 30.3 Å². The number of ether oxygens (including phenoxy) is 2. The maximum atomic E-state index is 11.6. The van der Waals surface area contributed by atoms with Gasteiger partial charge in [-0.3, -0.25) is 5.10 Å². The molecule has 0 bridgehead atoms. The molecule has 2 rings (SSSR count). The zero-order chi connectivity index (χ0) is 15.1. The van der Waals surface area contributed by atoms with E-state index in [1.54, 1.807) is 13.2 Å². The third kappa shape index (κ3) is 4.34. The minimum Gasteiger partial charge on any atom is -0.497 e. The van der Waals surface area contributed by atoms with Gasteiger partial charge in [0.05, 0.1) is 13.7 Å². The van der Waals surface area contributed by atoms with Gasteiger partial charge < -0.3 is 9.47 Å². The molecule has 0 saturated heterocycles. The van der Waals surface area contributed by atoms with Crippen molar-refractivity contribution in [1.82, 2.24) is 10.2 Å². The minimum absolute atomic E-state index is 0.341. The van der Waals surface area contributed by atoms with Crippen LogP contribution in [0.4, 0.5) is 0 Å². The topological polar surface area (TPSA) is 64.2 Å². The quantitative estimate of drug-likeness (QED) is 0.796. The molecule has 5 heteroatoms. The van der Waals surface area contributed by atoms with Crippen molar-refractivity contribution in [3.8, 4) is 5.75 Å². The highest BCUT2D eigenvalue weighted by atomic mass is 16.5. The summed E-state index contributed by atoms with van der Waals surface area (Å²) in [6.45, 7) is 2.38. The summed E-state index contributed by atoms with van der Waals surface area (Å²) in [5.41, 5.74) is 2.47. The number of nitrogens with zero attached hydrogens (tertiary/aromatic N) is 1. The Labute approximate surface area is 124 Å². The van der Waals surface area contributed by atoms with E-state index in [1.165, 1.54) is 5.56 Å². The second kappa shape index (κ2) is 7.47. The van der Waals surface area contributed by atoms with Crippen LogP contribution in [0.5, 0.6) is 5.75 Å². The third-order valence-electron chi connectivity index (χ3n) is 3.12. The average molecular weight is 288 g/mol. The first-order chi connectivity index (χ1) is 10.2. The molecule has 2 aromatic rings. The summed E-state index contributed by atoms with van der Waals surface area (Å²) in [4.78, 5) is 11.6. The summed E-state index contributed by atoms with van der Waals surface area (Å²) >= 11 is 0. The van der Waals surface area contributed by atoms with Crippen molar-refractivity contribution < 1.29 is 14.3 Å². The van der Waals surface area contributed by atoms with Gasteiger partial charge in [0.2, 0.25) is 0 Å². The van der Waals surface area contributed by atoms with Crippen molar-refractivity contribution >= 4 is 5.97 Å². The number of rotatable bonds is 7. The number of aryl methyl sites for hydroxylation is 2. The van der Waals surface area contributed by atoms with E-state index >= 15 is 0 Å². The smallest absolute Gasteiger partial charge is 0.358 e. The lowest BCUT2D eigenvalue weighted by molar-refractivity contribution is 0.0498. The standard InChI is InChI=1S/C16H20N2O3/c1-3-10-21-16(19)15-11-13(17-18-15)7-4-12-5-8-14(20-2)9-6-12/h5-6,8-9,11H,3-4,7,10H2,1-2H3,(H,17,18). The fraction of sp³-hybridized carbons (Fsp3) is 0.375. The number of hydrogen-bond acceptors (Lipinski definition) is 4. The Kier molecular flexibility index (Phi) is 5.37. The Morgan fingerprint density at radius 3 is 2.67 bits per heavy atom. The number of carbonyl (C=O) groups excluding carboxylic acids is 1. The number of esters is 1. The fourth-order valence-corrected chi connectivity index (χ4v) is 1.93. The molecular formula is C16H20N2O3. The van der Waals surface area contributed by atoms with Crippen LogP contribution in [-0.4, -0.2) is 29.9 Å². The Morgan fingerprint density at radius 2 is 2.00 bits per heavy atom. The van der Waals surface area contributed by atoms with Crippen LogP contribution in [0.2, 0.25) is 0 Å². The Hall–Kier alpha value is -2.30. The van der Waals surface area contributed by atoms with Crippen molar-refractivity contribution in [2.24, 2.45) is 0 Å². The molecule has 0 radical (unpaired) electrons. The Bertz CT molecular complexity index is 575. The van der Waals surface area contributed by atoms with Crippen LogP contribution in [0.25, 0.3) is 0 Å². The largest absolute Gasteiger partial charge is 0.497 e. The van der Waals surface area contributed by atoms with Gasteiger partial charge in [0, 0.05) is 5.69 Å². The minimum atomic E-state index is -0.371. The molecule has 0 aliphatic heterocycles. The first-order valence-electron chi connectivity index (χ1n) is 7.07. The van der Waals surface area contributed by atoms with Gasteiger partial charge in [-0.15, -0.1) is 0 Å². The summed E-state index contributed by atoms with van der Waals surface area (Å²) in [5, 5.41) is 6.87. The molecule has 1 heterocycles. The van der Waals surface area contributed by atoms with Crippen molar-refractivity contribution in [3.05, 3.63) is 47.3 Å². The molecule has 0 unspecified atom stereocenters. The normalized spacial score (nSPS) is 10.4. The summed E-state index contributed by atoms with van der Waals surface area (Å²) in [5.74, 6) is 0.477. The molecule has 0 aliphatic carbocycles. The zero-order valence-corrected chi connectivity index (χ0v) is 12.4. The molecule has 5 nitrogen and oxygen atoms in total. The van der Waals surface area contributed by atoms with E-state index in [0.717, 1.165) is 30.7 Å². The van der Waals surface area contributed by atoms with Crippen LogP contribution >= 0.6 is 0 Å². The molecule has 0 fully saturated rings. The van der Waals surface area contributed by atoms with E-state index in [0.29, 0.717) is 12.3 Å². The number of aromatic nitrogens is 2. The Balaban J connectivity index is 1.88. The summed E-state index contributed by atoms with van der Waals surface area (Å²) in [6.07, 6.45) is 2.47. The summed E-state index contributed by atoms with van der Waals surface area (Å²) < 4.78 is 10.2. The second-order valence-electron chi connectivity index (χ2n) is 4.76.